The molecule has 0 spiro atoms. The number of hydrogen-bond donors (Lipinski definition) is 0. The molecule has 2 nitrogen and oxygen atoms in total. The fourth-order valence-electron chi connectivity index (χ4n) is 0.989. The molecule has 0 unspecified atom stereocenters. The van der Waals surface area contributed by atoms with E-state index in [2.05, 4.69) is 23.7 Å². The normalized spacial score (nSPS) is 11.1. The van der Waals surface area contributed by atoms with Crippen LogP contribution in [0.25, 0.3) is 5.70 Å². The molecule has 0 bridgehead atoms. The van der Waals surface area contributed by atoms with Gasteiger partial charge in [0.15, 0.2) is 0 Å². The SMILES string of the molecule is C=C(N=NC(C)C)c1ccc(C)cc1. The molecule has 0 atom stereocenters. The Bertz CT molecular complexity index is 334. The summed E-state index contributed by atoms with van der Waals surface area (Å²) in [5, 5.41) is 8.10. The van der Waals surface area contributed by atoms with Crippen LogP contribution < -0.4 is 0 Å². The summed E-state index contributed by atoms with van der Waals surface area (Å²) in [6.45, 7) is 9.91. The lowest BCUT2D eigenvalue weighted by molar-refractivity contribution is 0.781. The van der Waals surface area contributed by atoms with Gasteiger partial charge in [0.25, 0.3) is 0 Å². The maximum absolute atomic E-state index is 4.05. The molecule has 0 heterocycles. The van der Waals surface area contributed by atoms with Crippen LogP contribution in [-0.2, 0) is 0 Å². The molecule has 74 valence electrons. The first-order chi connectivity index (χ1) is 6.59. The van der Waals surface area contributed by atoms with Gasteiger partial charge in [0, 0.05) is 5.56 Å². The zero-order chi connectivity index (χ0) is 10.6. The molecule has 14 heavy (non-hydrogen) atoms. The topological polar surface area (TPSA) is 24.7 Å². The smallest absolute Gasteiger partial charge is 0.0853 e. The molecule has 2 heteroatoms. The van der Waals surface area contributed by atoms with E-state index >= 15 is 0 Å². The second kappa shape index (κ2) is 4.70. The van der Waals surface area contributed by atoms with Crippen molar-refractivity contribution < 1.29 is 0 Å². The van der Waals surface area contributed by atoms with Crippen molar-refractivity contribution in [2.75, 3.05) is 0 Å². The fourth-order valence-corrected chi connectivity index (χ4v) is 0.989. The zero-order valence-electron chi connectivity index (χ0n) is 8.99. The van der Waals surface area contributed by atoms with Crippen molar-refractivity contribution in [3.05, 3.63) is 42.0 Å². The third-order valence-corrected chi connectivity index (χ3v) is 1.79. The van der Waals surface area contributed by atoms with Crippen LogP contribution in [0.2, 0.25) is 0 Å². The van der Waals surface area contributed by atoms with Gasteiger partial charge in [-0.1, -0.05) is 36.4 Å². The van der Waals surface area contributed by atoms with E-state index in [0.717, 1.165) is 11.3 Å². The maximum Gasteiger partial charge on any atom is 0.0853 e. The Kier molecular flexibility index (Phi) is 3.57. The Balaban J connectivity index is 2.75. The van der Waals surface area contributed by atoms with Gasteiger partial charge in [0.2, 0.25) is 0 Å². The van der Waals surface area contributed by atoms with Gasteiger partial charge in [-0.2, -0.15) is 10.2 Å². The molecular weight excluding hydrogens is 172 g/mol. The maximum atomic E-state index is 4.05. The molecule has 0 saturated carbocycles. The summed E-state index contributed by atoms with van der Waals surface area (Å²) in [4.78, 5) is 0. The van der Waals surface area contributed by atoms with Crippen molar-refractivity contribution in [2.45, 2.75) is 26.8 Å². The summed E-state index contributed by atoms with van der Waals surface area (Å²) >= 11 is 0. The molecule has 0 amide bonds. The standard InChI is InChI=1S/C12H16N2/c1-9(2)13-14-11(4)12-7-5-10(3)6-8-12/h5-9H,4H2,1-3H3. The molecule has 1 aromatic carbocycles. The first-order valence-electron chi connectivity index (χ1n) is 4.76. The van der Waals surface area contributed by atoms with Crippen LogP contribution in [0.1, 0.15) is 25.0 Å². The Hall–Kier alpha value is -1.44. The van der Waals surface area contributed by atoms with Crippen molar-refractivity contribution in [3.63, 3.8) is 0 Å². The van der Waals surface area contributed by atoms with Crippen molar-refractivity contribution in [2.24, 2.45) is 10.2 Å². The van der Waals surface area contributed by atoms with Crippen molar-refractivity contribution in [1.29, 1.82) is 0 Å². The van der Waals surface area contributed by atoms with E-state index in [9.17, 15) is 0 Å². The lowest BCUT2D eigenvalue weighted by Crippen LogP contribution is -1.86. The minimum absolute atomic E-state index is 0.220. The highest BCUT2D eigenvalue weighted by molar-refractivity contribution is 5.61. The summed E-state index contributed by atoms with van der Waals surface area (Å²) in [6, 6.07) is 8.34. The zero-order valence-corrected chi connectivity index (χ0v) is 8.99. The monoisotopic (exact) mass is 188 g/mol. The van der Waals surface area contributed by atoms with Gasteiger partial charge in [-0.25, -0.2) is 0 Å². The highest BCUT2D eigenvalue weighted by atomic mass is 15.1. The van der Waals surface area contributed by atoms with Gasteiger partial charge in [-0.15, -0.1) is 0 Å². The molecule has 0 aliphatic heterocycles. The van der Waals surface area contributed by atoms with Gasteiger partial charge >= 0.3 is 0 Å². The molecule has 0 N–H and O–H groups in total. The molecule has 0 aromatic heterocycles. The summed E-state index contributed by atoms with van der Waals surface area (Å²) in [5.41, 5.74) is 2.99. The molecule has 0 radical (unpaired) electrons. The average Bonchev–Trinajstić information content (AvgIpc) is 2.15. The van der Waals surface area contributed by atoms with E-state index in [-0.39, 0.29) is 6.04 Å². The minimum Gasteiger partial charge on any atom is -0.186 e. The van der Waals surface area contributed by atoms with Crippen LogP contribution in [-0.4, -0.2) is 6.04 Å². The molecular formula is C12H16N2. The summed E-state index contributed by atoms with van der Waals surface area (Å²) in [6.07, 6.45) is 0. The first kappa shape index (κ1) is 10.6. The second-order valence-electron chi connectivity index (χ2n) is 3.62. The third-order valence-electron chi connectivity index (χ3n) is 1.79. The summed E-state index contributed by atoms with van der Waals surface area (Å²) in [7, 11) is 0. The number of aryl methyl sites for hydroxylation is 1. The van der Waals surface area contributed by atoms with Crippen molar-refractivity contribution in [3.8, 4) is 0 Å². The third kappa shape index (κ3) is 3.13. The number of nitrogens with zero attached hydrogens (tertiary/aromatic N) is 2. The lowest BCUT2D eigenvalue weighted by atomic mass is 10.1. The molecule has 1 aromatic rings. The van der Waals surface area contributed by atoms with E-state index in [4.69, 9.17) is 0 Å². The van der Waals surface area contributed by atoms with E-state index in [0.29, 0.717) is 0 Å². The Labute approximate surface area is 85.4 Å². The van der Waals surface area contributed by atoms with E-state index in [1.807, 2.05) is 38.1 Å². The highest BCUT2D eigenvalue weighted by Gasteiger charge is 1.96. The van der Waals surface area contributed by atoms with Gasteiger partial charge in [0.1, 0.15) is 0 Å². The average molecular weight is 188 g/mol. The number of benzene rings is 1. The molecule has 0 aliphatic rings. The van der Waals surface area contributed by atoms with Crippen LogP contribution in [0.5, 0.6) is 0 Å². The lowest BCUT2D eigenvalue weighted by Gasteiger charge is -2.00. The quantitative estimate of drug-likeness (QED) is 0.644. The number of rotatable bonds is 3. The van der Waals surface area contributed by atoms with Crippen LogP contribution in [0, 0.1) is 6.92 Å². The summed E-state index contributed by atoms with van der Waals surface area (Å²) in [5.74, 6) is 0. The minimum atomic E-state index is 0.220. The predicted molar refractivity (Wildman–Crippen MR) is 60.2 cm³/mol. The van der Waals surface area contributed by atoms with Crippen LogP contribution in [0.15, 0.2) is 41.1 Å². The molecule has 0 aliphatic carbocycles. The number of hydrogen-bond acceptors (Lipinski definition) is 2. The van der Waals surface area contributed by atoms with E-state index < -0.39 is 0 Å². The van der Waals surface area contributed by atoms with Crippen LogP contribution >= 0.6 is 0 Å². The first-order valence-corrected chi connectivity index (χ1v) is 4.76. The van der Waals surface area contributed by atoms with Gasteiger partial charge in [-0.05, 0) is 20.8 Å². The Morgan fingerprint density at radius 3 is 2.29 bits per heavy atom. The van der Waals surface area contributed by atoms with Gasteiger partial charge in [-0.3, -0.25) is 0 Å². The van der Waals surface area contributed by atoms with E-state index in [1.165, 1.54) is 5.56 Å². The van der Waals surface area contributed by atoms with Crippen LogP contribution in [0.4, 0.5) is 0 Å². The predicted octanol–water partition coefficient (Wildman–Crippen LogP) is 3.83. The number of azo groups is 1. The molecule has 0 saturated heterocycles. The Morgan fingerprint density at radius 2 is 1.79 bits per heavy atom. The highest BCUT2D eigenvalue weighted by Crippen LogP contribution is 2.14. The van der Waals surface area contributed by atoms with Crippen molar-refractivity contribution >= 4 is 5.70 Å². The molecule has 0 fully saturated rings. The van der Waals surface area contributed by atoms with Crippen molar-refractivity contribution in [1.82, 2.24) is 0 Å². The van der Waals surface area contributed by atoms with E-state index in [1.54, 1.807) is 0 Å². The second-order valence-corrected chi connectivity index (χ2v) is 3.62. The van der Waals surface area contributed by atoms with Gasteiger partial charge in [0.05, 0.1) is 11.7 Å². The largest absolute Gasteiger partial charge is 0.186 e. The molecule has 1 rings (SSSR count). The van der Waals surface area contributed by atoms with Crippen LogP contribution in [0.3, 0.4) is 0 Å². The summed E-state index contributed by atoms with van der Waals surface area (Å²) < 4.78 is 0. The Morgan fingerprint density at radius 1 is 1.21 bits per heavy atom. The van der Waals surface area contributed by atoms with Gasteiger partial charge < -0.3 is 0 Å². The fraction of sp³-hybridized carbons (Fsp3) is 0.333.